The van der Waals surface area contributed by atoms with Crippen molar-refractivity contribution in [3.63, 3.8) is 0 Å². The summed E-state index contributed by atoms with van der Waals surface area (Å²) in [6.07, 6.45) is -4.02. The fraction of sp³-hybridized carbons (Fsp3) is 0.525. The van der Waals surface area contributed by atoms with Gasteiger partial charge in [-0.05, 0) is 68.5 Å². The lowest BCUT2D eigenvalue weighted by Gasteiger charge is -2.30. The number of amides is 14. The Morgan fingerprint density at radius 1 is 0.486 bits per heavy atom. The van der Waals surface area contributed by atoms with E-state index in [-0.39, 0.29) is 78.2 Å². The number of nitrogens with one attached hydrogen (secondary N) is 12. The molecule has 594 valence electrons. The molecule has 1 fully saturated rings. The zero-order valence-electron chi connectivity index (χ0n) is 56.8. The summed E-state index contributed by atoms with van der Waals surface area (Å²) in [6.45, 7) is 1.41. The van der Waals surface area contributed by atoms with Gasteiger partial charge < -0.3 is 106 Å². The molecule has 14 atom stereocenters. The van der Waals surface area contributed by atoms with Crippen LogP contribution >= 0.6 is 135 Å². The Morgan fingerprint density at radius 2 is 0.869 bits per heavy atom. The number of phenolic OH excluding ortho intramolecular Hbond substituents is 2. The van der Waals surface area contributed by atoms with Crippen molar-refractivity contribution in [3.05, 3.63) is 59.7 Å². The summed E-state index contributed by atoms with van der Waals surface area (Å²) < 4.78 is 0. The zero-order valence-corrected chi connectivity index (χ0v) is 67.1. The number of aliphatic hydroxyl groups excluding tert-OH is 1. The van der Waals surface area contributed by atoms with Crippen LogP contribution in [0, 0.1) is 0 Å². The van der Waals surface area contributed by atoms with Gasteiger partial charge in [0.1, 0.15) is 84.0 Å². The average Bonchev–Trinajstić information content (AvgIpc) is 1.75. The third kappa shape index (κ3) is 33.8. The Bertz CT molecular complexity index is 3430. The van der Waals surface area contributed by atoms with E-state index in [1.165, 1.54) is 55.5 Å². The molecule has 1 aliphatic heterocycles. The van der Waals surface area contributed by atoms with Crippen LogP contribution in [0.15, 0.2) is 48.5 Å². The molecule has 0 aromatic heterocycles. The second kappa shape index (κ2) is 49.8. The fourth-order valence-corrected chi connectivity index (χ4v) is 14.7. The van der Waals surface area contributed by atoms with Crippen LogP contribution in [0.4, 0.5) is 0 Å². The predicted octanol–water partition coefficient (Wildman–Crippen LogP) is -3.66. The van der Waals surface area contributed by atoms with Gasteiger partial charge in [0.2, 0.25) is 82.7 Å². The van der Waals surface area contributed by atoms with Crippen LogP contribution in [0.1, 0.15) is 57.1 Å². The number of primary amides is 1. The molecule has 14 amide bonds. The zero-order chi connectivity index (χ0) is 80.2. The summed E-state index contributed by atoms with van der Waals surface area (Å²) in [5, 5.41) is 78.4. The molecule has 1 saturated heterocycles. The van der Waals surface area contributed by atoms with Crippen molar-refractivity contribution in [1.82, 2.24) is 68.7 Å². The number of carbonyl (C=O) groups is 16. The summed E-state index contributed by atoms with van der Waals surface area (Å²) in [7, 11) is 4.91. The summed E-state index contributed by atoms with van der Waals surface area (Å²) >= 11 is 24.5. The molecule has 0 saturated carbocycles. The Hall–Kier alpha value is -6.32. The van der Waals surface area contributed by atoms with E-state index in [1.807, 2.05) is 0 Å². The number of aliphatic hydroxyl groups is 1. The van der Waals surface area contributed by atoms with Gasteiger partial charge in [-0.25, -0.2) is 4.79 Å². The highest BCUT2D eigenvalue weighted by atomic mass is 33.1. The maximum atomic E-state index is 14.4. The number of hydrogen-bond donors (Lipinski definition) is 25. The van der Waals surface area contributed by atoms with Crippen molar-refractivity contribution in [1.29, 1.82) is 0 Å². The number of hydrogen-bond acceptors (Lipinski definition) is 32. The number of phenols is 2. The van der Waals surface area contributed by atoms with Gasteiger partial charge in [0.15, 0.2) is 0 Å². The SMILES string of the molecule is C[C@H](NC(=O)[C@@H]1CCCN1C(=O)[C@H](CC(N)=O)NC(=O)[C@H](CSS)NC(=O)[C@H](CSS)NC(=O)[C@H](Cc1ccc(O)cc1)NC(=O)[C@H](CCC(=O)O)NC(=O)[C@H](CSS)NC(=O)[C@@H](N)CSS)C(=O)N[C@@H](CSS)C(=O)N[C@H](C(=O)NCC(=O)N[C@@H](CSS)C(=O)N[C@@H](Cc1ccc(O)cc1)C(=O)O)[C@@H](C)O. The summed E-state index contributed by atoms with van der Waals surface area (Å²) in [5.74, 6) is -18.1. The van der Waals surface area contributed by atoms with Crippen molar-refractivity contribution < 1.29 is 102 Å². The third-order valence-corrected chi connectivity index (χ3v) is 21.0. The minimum Gasteiger partial charge on any atom is -0.508 e. The first-order chi connectivity index (χ1) is 50.6. The highest BCUT2D eigenvalue weighted by molar-refractivity contribution is 8.69. The summed E-state index contributed by atoms with van der Waals surface area (Å²) in [5.41, 5.74) is 12.2. The average molecular weight is 1730 g/mol. The summed E-state index contributed by atoms with van der Waals surface area (Å²) in [4.78, 5) is 216. The monoisotopic (exact) mass is 1720 g/mol. The molecule has 0 unspecified atom stereocenters. The van der Waals surface area contributed by atoms with Gasteiger partial charge in [-0.3, -0.25) is 71.9 Å². The largest absolute Gasteiger partial charge is 0.508 e. The van der Waals surface area contributed by atoms with E-state index in [0.717, 1.165) is 76.6 Å². The molecule has 0 bridgehead atoms. The number of likely N-dealkylation sites (tertiary alicyclic amines) is 1. The summed E-state index contributed by atoms with van der Waals surface area (Å²) in [6, 6.07) is -8.67. The molecule has 0 aliphatic carbocycles. The molecule has 0 radical (unpaired) electrons. The molecule has 3 rings (SSSR count). The minimum absolute atomic E-state index is 0.00739. The fourth-order valence-electron chi connectivity index (χ4n) is 9.80. The van der Waals surface area contributed by atoms with Crippen molar-refractivity contribution in [3.8, 4) is 11.5 Å². The van der Waals surface area contributed by atoms with Gasteiger partial charge in [-0.15, -0.1) is 70.0 Å². The molecular formula is C59H85N15O21S12. The highest BCUT2D eigenvalue weighted by Crippen LogP contribution is 2.22. The first kappa shape index (κ1) is 94.9. The molecule has 2 aromatic carbocycles. The lowest BCUT2D eigenvalue weighted by Crippen LogP contribution is -2.61. The van der Waals surface area contributed by atoms with E-state index >= 15 is 0 Å². The number of aromatic hydroxyl groups is 2. The number of benzene rings is 2. The Kier molecular flexibility index (Phi) is 44.1. The van der Waals surface area contributed by atoms with E-state index < -0.39 is 205 Å². The van der Waals surface area contributed by atoms with E-state index in [9.17, 15) is 102 Å². The lowest BCUT2D eigenvalue weighted by atomic mass is 10.0. The molecule has 0 spiro atoms. The number of thiol groups is 6. The van der Waals surface area contributed by atoms with Crippen LogP contribution in [0.25, 0.3) is 0 Å². The number of carbonyl (C=O) groups excluding carboxylic acids is 14. The van der Waals surface area contributed by atoms with Crippen LogP contribution in [0.2, 0.25) is 0 Å². The van der Waals surface area contributed by atoms with Gasteiger partial charge in [0.05, 0.1) is 25.1 Å². The normalized spacial score (nSPS) is 16.1. The molecule has 2 aromatic rings. The number of nitrogens with zero attached hydrogens (tertiary/aromatic N) is 1. The Balaban J connectivity index is 1.75. The van der Waals surface area contributed by atoms with Gasteiger partial charge in [-0.1, -0.05) is 89.0 Å². The maximum absolute atomic E-state index is 14.4. The van der Waals surface area contributed by atoms with Crippen LogP contribution in [-0.2, 0) is 89.6 Å². The smallest absolute Gasteiger partial charge is 0.326 e. The number of nitrogens with two attached hydrogens (primary N) is 2. The molecule has 1 aliphatic rings. The van der Waals surface area contributed by atoms with Crippen LogP contribution < -0.4 is 75.3 Å². The maximum Gasteiger partial charge on any atom is 0.326 e. The second-order valence-corrected chi connectivity index (χ2v) is 31.7. The molecule has 36 nitrogen and oxygen atoms in total. The molecule has 1 heterocycles. The van der Waals surface area contributed by atoms with Crippen LogP contribution in [0.5, 0.6) is 11.5 Å². The third-order valence-electron chi connectivity index (χ3n) is 15.4. The van der Waals surface area contributed by atoms with E-state index in [1.54, 1.807) is 0 Å². The minimum atomic E-state index is -1.79. The Morgan fingerprint density at radius 3 is 1.31 bits per heavy atom. The van der Waals surface area contributed by atoms with Crippen molar-refractivity contribution in [2.45, 2.75) is 143 Å². The van der Waals surface area contributed by atoms with E-state index in [0.29, 0.717) is 11.1 Å². The quantitative estimate of drug-likeness (QED) is 0.0224. The van der Waals surface area contributed by atoms with Gasteiger partial charge >= 0.3 is 11.9 Å². The molecule has 107 heavy (non-hydrogen) atoms. The predicted molar refractivity (Wildman–Crippen MR) is 425 cm³/mol. The standard InChI is InChI=1S/C59H85N15O21S12/c1-26(47(82)69-41(25-107-101)55(90)73-46(27(2)75)57(92)62-19-44(79)64-37(21-103-97)51(86)68-36(59(94)95)17-29-7-11-31(77)12-8-29)63-56(91)42-4-3-15-74(42)58(93)35(18-43(61)78)67-53(88)39(23-105-99)72-54(89)40(24-106-100)71-50(85)34(16-28-5-9-30(76)10-6-28)66-49(84)33(13-14-45(80)81)65-52(87)38(22-104-98)70-48(83)32(60)20-102-96/h5-12,26-27,32-42,46,75-77,96-101H,3-4,13-25,60H2,1-2H3,(H2,61,78)(H,62,92)(H,63,91)(H,64,79)(H,65,87)(H,66,84)(H,67,88)(H,68,86)(H,69,82)(H,70,83)(H,71,85)(H,72,89)(H,73,90)(H,80,81)(H,94,95)/t26-,27+,32-,33-,34-,35-,36-,37-,38-,39-,40-,41-,42-,46-/m0/s1. The van der Waals surface area contributed by atoms with Crippen molar-refractivity contribution in [2.24, 2.45) is 11.5 Å². The first-order valence-corrected chi connectivity index (χ1v) is 44.1. The molecule has 48 heteroatoms. The number of rotatable bonds is 48. The van der Waals surface area contributed by atoms with Crippen molar-refractivity contribution in [2.75, 3.05) is 47.6 Å². The van der Waals surface area contributed by atoms with Gasteiger partial charge in [0, 0.05) is 60.3 Å². The first-order valence-electron chi connectivity index (χ1n) is 31.8. The highest BCUT2D eigenvalue weighted by Gasteiger charge is 2.42. The number of carboxylic acids is 2. The molecular weight excluding hydrogens is 1640 g/mol. The second-order valence-electron chi connectivity index (χ2n) is 23.5. The number of carboxylic acid groups (broad SMARTS) is 2. The van der Waals surface area contributed by atoms with Gasteiger partial charge in [0.25, 0.3) is 0 Å². The topological polar surface area (TPSA) is 574 Å². The van der Waals surface area contributed by atoms with Crippen LogP contribution in [0.3, 0.4) is 0 Å². The van der Waals surface area contributed by atoms with Crippen molar-refractivity contribution >= 4 is 229 Å². The van der Waals surface area contributed by atoms with Gasteiger partial charge in [-0.2, -0.15) is 0 Å². The molecule has 21 N–H and O–H groups in total. The number of aliphatic carboxylic acids is 2. The van der Waals surface area contributed by atoms with Crippen LogP contribution in [-0.4, -0.2) is 257 Å². The van der Waals surface area contributed by atoms with E-state index in [2.05, 4.69) is 134 Å². The van der Waals surface area contributed by atoms with E-state index in [4.69, 9.17) is 11.5 Å². The lowest BCUT2D eigenvalue weighted by molar-refractivity contribution is -0.143. The Labute approximate surface area is 668 Å².